The van der Waals surface area contributed by atoms with Gasteiger partial charge in [-0.05, 0) is 6.42 Å². The first-order valence-corrected chi connectivity index (χ1v) is 5.92. The predicted molar refractivity (Wildman–Crippen MR) is 60.8 cm³/mol. The Labute approximate surface area is 115 Å². The van der Waals surface area contributed by atoms with E-state index in [4.69, 9.17) is 0 Å². The summed E-state index contributed by atoms with van der Waals surface area (Å²) in [6, 6.07) is -1.35. The summed E-state index contributed by atoms with van der Waals surface area (Å²) in [6.45, 7) is 0.844. The van der Waals surface area contributed by atoms with Gasteiger partial charge in [-0.1, -0.05) is 6.92 Å². The Balaban J connectivity index is 2.69. The Morgan fingerprint density at radius 1 is 1.00 bits per heavy atom. The van der Waals surface area contributed by atoms with Crippen molar-refractivity contribution in [1.82, 2.24) is 5.32 Å². The van der Waals surface area contributed by atoms with Crippen molar-refractivity contribution in [3.05, 3.63) is 29.1 Å². The van der Waals surface area contributed by atoms with Crippen LogP contribution in [-0.4, -0.2) is 24.4 Å². The maximum atomic E-state index is 13.8. The summed E-state index contributed by atoms with van der Waals surface area (Å²) in [4.78, 5) is 23.7. The fourth-order valence-electron chi connectivity index (χ4n) is 2.11. The number of nitrogens with zero attached hydrogens (tertiary/aromatic N) is 1. The van der Waals surface area contributed by atoms with Crippen LogP contribution in [-0.2, 0) is 9.59 Å². The van der Waals surface area contributed by atoms with Crippen LogP contribution in [0.5, 0.6) is 0 Å². The molecule has 2 rings (SSSR count). The molecule has 0 radical (unpaired) electrons. The molecular formula is C12H9F5N2O2. The third-order valence-electron chi connectivity index (χ3n) is 3.11. The van der Waals surface area contributed by atoms with Gasteiger partial charge >= 0.3 is 0 Å². The van der Waals surface area contributed by atoms with Gasteiger partial charge in [-0.2, -0.15) is 0 Å². The highest BCUT2D eigenvalue weighted by atomic mass is 19.2. The second-order valence-electron chi connectivity index (χ2n) is 4.32. The van der Waals surface area contributed by atoms with Gasteiger partial charge in [0.25, 0.3) is 0 Å². The first-order chi connectivity index (χ1) is 9.81. The molecule has 1 N–H and O–H groups in total. The van der Waals surface area contributed by atoms with E-state index in [0.717, 1.165) is 0 Å². The normalized spacial score (nSPS) is 19.0. The number of hydrogen-bond acceptors (Lipinski definition) is 2. The first kappa shape index (κ1) is 15.2. The van der Waals surface area contributed by atoms with E-state index >= 15 is 0 Å². The lowest BCUT2D eigenvalue weighted by molar-refractivity contribution is -0.131. The van der Waals surface area contributed by atoms with Gasteiger partial charge in [0.05, 0.1) is 6.54 Å². The summed E-state index contributed by atoms with van der Waals surface area (Å²) in [6.07, 6.45) is -0.0585. The summed E-state index contributed by atoms with van der Waals surface area (Å²) in [5.41, 5.74) is -1.40. The molecule has 0 aromatic heterocycles. The first-order valence-electron chi connectivity index (χ1n) is 5.92. The topological polar surface area (TPSA) is 49.4 Å². The molecule has 1 heterocycles. The standard InChI is InChI=1S/C12H9F5N2O2/c1-2-4-12(21)18-3-5(20)19(4)11-9(16)7(14)6(13)8(15)10(11)17/h4H,2-3H2,1H3,(H,18,21). The molecular weight excluding hydrogens is 299 g/mol. The van der Waals surface area contributed by atoms with Crippen molar-refractivity contribution in [2.75, 3.05) is 11.4 Å². The van der Waals surface area contributed by atoms with Gasteiger partial charge in [-0.15, -0.1) is 0 Å². The van der Waals surface area contributed by atoms with Crippen molar-refractivity contribution in [3.63, 3.8) is 0 Å². The monoisotopic (exact) mass is 308 g/mol. The van der Waals surface area contributed by atoms with Crippen LogP contribution in [0, 0.1) is 29.1 Å². The molecule has 1 unspecified atom stereocenters. The number of hydrogen-bond donors (Lipinski definition) is 1. The maximum absolute atomic E-state index is 13.8. The Morgan fingerprint density at radius 2 is 1.48 bits per heavy atom. The lowest BCUT2D eigenvalue weighted by atomic mass is 10.1. The number of anilines is 1. The number of benzene rings is 1. The molecule has 0 saturated carbocycles. The van der Waals surface area contributed by atoms with Crippen LogP contribution in [0.3, 0.4) is 0 Å². The van der Waals surface area contributed by atoms with Gasteiger partial charge in [0, 0.05) is 0 Å². The van der Waals surface area contributed by atoms with Crippen molar-refractivity contribution in [3.8, 4) is 0 Å². The van der Waals surface area contributed by atoms with Crippen molar-refractivity contribution in [2.24, 2.45) is 0 Å². The summed E-state index contributed by atoms with van der Waals surface area (Å²) in [7, 11) is 0. The molecule has 4 nitrogen and oxygen atoms in total. The number of rotatable bonds is 2. The minimum atomic E-state index is -2.32. The zero-order chi connectivity index (χ0) is 15.9. The molecule has 1 aliphatic heterocycles. The van der Waals surface area contributed by atoms with Gasteiger partial charge < -0.3 is 5.32 Å². The van der Waals surface area contributed by atoms with Crippen LogP contribution in [0.2, 0.25) is 0 Å². The van der Waals surface area contributed by atoms with Gasteiger partial charge in [-0.3, -0.25) is 14.5 Å². The van der Waals surface area contributed by atoms with Crippen molar-refractivity contribution in [1.29, 1.82) is 0 Å². The quantitative estimate of drug-likeness (QED) is 0.513. The van der Waals surface area contributed by atoms with E-state index in [1.54, 1.807) is 0 Å². The number of halogens is 5. The highest BCUT2D eigenvalue weighted by Crippen LogP contribution is 2.32. The number of carbonyl (C=O) groups is 2. The highest BCUT2D eigenvalue weighted by molar-refractivity contribution is 6.06. The fourth-order valence-corrected chi connectivity index (χ4v) is 2.11. The largest absolute Gasteiger partial charge is 0.345 e. The Hall–Kier alpha value is -2.19. The molecule has 2 amide bonds. The van der Waals surface area contributed by atoms with Crippen LogP contribution in [0.25, 0.3) is 0 Å². The molecule has 1 fully saturated rings. The van der Waals surface area contributed by atoms with E-state index < -0.39 is 59.2 Å². The predicted octanol–water partition coefficient (Wildman–Crippen LogP) is 1.62. The van der Waals surface area contributed by atoms with Crippen LogP contribution < -0.4 is 10.2 Å². The number of amides is 2. The van der Waals surface area contributed by atoms with E-state index in [2.05, 4.69) is 5.32 Å². The SMILES string of the molecule is CCC1C(=O)NCC(=O)N1c1c(F)c(F)c(F)c(F)c1F. The Bertz CT molecular complexity index is 606. The molecule has 114 valence electrons. The summed E-state index contributed by atoms with van der Waals surface area (Å²) in [5, 5.41) is 2.18. The molecule has 1 aromatic carbocycles. The smallest absolute Gasteiger partial charge is 0.247 e. The van der Waals surface area contributed by atoms with Gasteiger partial charge in [-0.25, -0.2) is 22.0 Å². The van der Waals surface area contributed by atoms with E-state index in [1.165, 1.54) is 6.92 Å². The van der Waals surface area contributed by atoms with Crippen LogP contribution in [0.15, 0.2) is 0 Å². The van der Waals surface area contributed by atoms with Crippen LogP contribution in [0.1, 0.15) is 13.3 Å². The average Bonchev–Trinajstić information content (AvgIpc) is 2.47. The second-order valence-corrected chi connectivity index (χ2v) is 4.32. The molecule has 9 heteroatoms. The van der Waals surface area contributed by atoms with Gasteiger partial charge in [0.2, 0.25) is 17.6 Å². The maximum Gasteiger partial charge on any atom is 0.247 e. The Morgan fingerprint density at radius 3 is 1.95 bits per heavy atom. The minimum absolute atomic E-state index is 0.0585. The summed E-state index contributed by atoms with van der Waals surface area (Å²) < 4.78 is 66.9. The molecule has 1 atom stereocenters. The fraction of sp³-hybridized carbons (Fsp3) is 0.333. The average molecular weight is 308 g/mol. The van der Waals surface area contributed by atoms with Crippen molar-refractivity contribution >= 4 is 17.5 Å². The number of nitrogens with one attached hydrogen (secondary N) is 1. The van der Waals surface area contributed by atoms with Crippen LogP contribution in [0.4, 0.5) is 27.6 Å². The van der Waals surface area contributed by atoms with E-state index in [9.17, 15) is 31.5 Å². The summed E-state index contributed by atoms with van der Waals surface area (Å²) >= 11 is 0. The molecule has 0 bridgehead atoms. The van der Waals surface area contributed by atoms with Crippen LogP contribution >= 0.6 is 0 Å². The molecule has 0 aliphatic carbocycles. The number of piperazine rings is 1. The van der Waals surface area contributed by atoms with E-state index in [0.29, 0.717) is 4.90 Å². The third kappa shape index (κ3) is 2.22. The lowest BCUT2D eigenvalue weighted by Gasteiger charge is -2.34. The zero-order valence-corrected chi connectivity index (χ0v) is 10.6. The lowest BCUT2D eigenvalue weighted by Crippen LogP contribution is -2.59. The molecule has 1 saturated heterocycles. The highest BCUT2D eigenvalue weighted by Gasteiger charge is 2.40. The van der Waals surface area contributed by atoms with Crippen molar-refractivity contribution in [2.45, 2.75) is 19.4 Å². The molecule has 0 spiro atoms. The summed E-state index contributed by atoms with van der Waals surface area (Å²) in [5.74, 6) is -12.7. The van der Waals surface area contributed by atoms with Gasteiger partial charge in [0.1, 0.15) is 11.7 Å². The minimum Gasteiger partial charge on any atom is -0.345 e. The molecule has 21 heavy (non-hydrogen) atoms. The molecule has 1 aliphatic rings. The third-order valence-corrected chi connectivity index (χ3v) is 3.11. The van der Waals surface area contributed by atoms with Crippen molar-refractivity contribution < 1.29 is 31.5 Å². The van der Waals surface area contributed by atoms with E-state index in [1.807, 2.05) is 0 Å². The zero-order valence-electron chi connectivity index (χ0n) is 10.6. The van der Waals surface area contributed by atoms with E-state index in [-0.39, 0.29) is 6.42 Å². The Kier molecular flexibility index (Phi) is 3.84. The van der Waals surface area contributed by atoms with Gasteiger partial charge in [0.15, 0.2) is 23.3 Å². The molecule has 1 aromatic rings. The number of carbonyl (C=O) groups excluding carboxylic acids is 2. The second kappa shape index (κ2) is 5.30.